The first-order valence-electron chi connectivity index (χ1n) is 5.18. The van der Waals surface area contributed by atoms with E-state index in [0.29, 0.717) is 22.1 Å². The number of aromatic amines is 2. The fourth-order valence-corrected chi connectivity index (χ4v) is 1.84. The van der Waals surface area contributed by atoms with Crippen LogP contribution in [0.15, 0.2) is 35.3 Å². The second kappa shape index (κ2) is 4.15. The van der Waals surface area contributed by atoms with Crippen LogP contribution in [0.5, 0.6) is 0 Å². The molecule has 90 valence electrons. The van der Waals surface area contributed by atoms with Gasteiger partial charge in [-0.15, -0.1) is 0 Å². The number of nitrogens with one attached hydrogen (secondary N) is 3. The number of amides is 1. The Labute approximate surface area is 107 Å². The number of imidazole rings is 1. The van der Waals surface area contributed by atoms with Crippen molar-refractivity contribution in [2.75, 3.05) is 0 Å². The number of H-pyrrole nitrogens is 2. The van der Waals surface area contributed by atoms with Gasteiger partial charge in [-0.05, 0) is 12.1 Å². The average molecular weight is 262 g/mol. The SMILES string of the molecule is O=C1NN=C(c2ncc[nH]2)/C1=C\c1cc(Cl)c[nH]1. The van der Waals surface area contributed by atoms with E-state index in [-0.39, 0.29) is 5.91 Å². The summed E-state index contributed by atoms with van der Waals surface area (Å²) in [4.78, 5) is 21.6. The highest BCUT2D eigenvalue weighted by Crippen LogP contribution is 2.17. The maximum absolute atomic E-state index is 11.7. The number of hydrogen-bond acceptors (Lipinski definition) is 3. The third kappa shape index (κ3) is 1.82. The third-order valence-electron chi connectivity index (χ3n) is 2.46. The topological polar surface area (TPSA) is 85.9 Å². The van der Waals surface area contributed by atoms with Crippen molar-refractivity contribution in [3.05, 3.63) is 46.8 Å². The van der Waals surface area contributed by atoms with E-state index < -0.39 is 0 Å². The van der Waals surface area contributed by atoms with E-state index in [1.54, 1.807) is 30.7 Å². The van der Waals surface area contributed by atoms with Crippen molar-refractivity contribution in [3.8, 4) is 0 Å². The number of hydrogen-bond donors (Lipinski definition) is 3. The lowest BCUT2D eigenvalue weighted by Crippen LogP contribution is -2.14. The molecule has 3 rings (SSSR count). The zero-order valence-corrected chi connectivity index (χ0v) is 9.82. The lowest BCUT2D eigenvalue weighted by Gasteiger charge is -1.96. The quantitative estimate of drug-likeness (QED) is 0.712. The summed E-state index contributed by atoms with van der Waals surface area (Å²) in [5.41, 5.74) is 4.05. The molecular formula is C11H8ClN5O. The molecule has 2 aromatic rings. The van der Waals surface area contributed by atoms with E-state index in [9.17, 15) is 4.79 Å². The predicted octanol–water partition coefficient (Wildman–Crippen LogP) is 1.31. The summed E-state index contributed by atoms with van der Waals surface area (Å²) >= 11 is 5.81. The first kappa shape index (κ1) is 10.8. The van der Waals surface area contributed by atoms with Crippen LogP contribution in [-0.4, -0.2) is 26.6 Å². The van der Waals surface area contributed by atoms with Crippen LogP contribution in [0.2, 0.25) is 5.02 Å². The van der Waals surface area contributed by atoms with Gasteiger partial charge >= 0.3 is 0 Å². The molecule has 3 heterocycles. The first-order chi connectivity index (χ1) is 8.74. The van der Waals surface area contributed by atoms with Gasteiger partial charge in [0, 0.05) is 24.3 Å². The zero-order chi connectivity index (χ0) is 12.5. The molecule has 0 spiro atoms. The Hall–Kier alpha value is -2.34. The van der Waals surface area contributed by atoms with Gasteiger partial charge in [0.1, 0.15) is 5.71 Å². The lowest BCUT2D eigenvalue weighted by atomic mass is 10.1. The minimum absolute atomic E-state index is 0.271. The van der Waals surface area contributed by atoms with Gasteiger partial charge in [0.2, 0.25) is 0 Å². The maximum Gasteiger partial charge on any atom is 0.273 e. The van der Waals surface area contributed by atoms with E-state index in [0.717, 1.165) is 5.69 Å². The van der Waals surface area contributed by atoms with Crippen LogP contribution in [0, 0.1) is 0 Å². The Bertz CT molecular complexity index is 653. The summed E-state index contributed by atoms with van der Waals surface area (Å²) in [7, 11) is 0. The van der Waals surface area contributed by atoms with E-state index in [1.165, 1.54) is 0 Å². The molecule has 3 N–H and O–H groups in total. The molecule has 18 heavy (non-hydrogen) atoms. The van der Waals surface area contributed by atoms with Gasteiger partial charge in [0.05, 0.1) is 10.6 Å². The number of rotatable bonds is 2. The lowest BCUT2D eigenvalue weighted by molar-refractivity contribution is -0.116. The highest BCUT2D eigenvalue weighted by molar-refractivity contribution is 6.32. The molecule has 7 heteroatoms. The second-order valence-electron chi connectivity index (χ2n) is 3.67. The van der Waals surface area contributed by atoms with Crippen LogP contribution in [0.4, 0.5) is 0 Å². The summed E-state index contributed by atoms with van der Waals surface area (Å²) < 4.78 is 0. The number of halogens is 1. The van der Waals surface area contributed by atoms with Crippen molar-refractivity contribution in [2.24, 2.45) is 5.10 Å². The number of carbonyl (C=O) groups excluding carboxylic acids is 1. The monoisotopic (exact) mass is 261 g/mol. The molecule has 6 nitrogen and oxygen atoms in total. The summed E-state index contributed by atoms with van der Waals surface area (Å²) in [5.74, 6) is 0.268. The first-order valence-corrected chi connectivity index (χ1v) is 5.55. The molecule has 0 bridgehead atoms. The molecular weight excluding hydrogens is 254 g/mol. The van der Waals surface area contributed by atoms with E-state index in [4.69, 9.17) is 11.6 Å². The van der Waals surface area contributed by atoms with Gasteiger partial charge in [-0.2, -0.15) is 5.10 Å². The standard InChI is InChI=1S/C11H8ClN5O/c12-6-3-7(15-5-6)4-8-9(16-17-11(8)18)10-13-1-2-14-10/h1-5,15H,(H,13,14)(H,17,18)/b8-4+. The highest BCUT2D eigenvalue weighted by atomic mass is 35.5. The fourth-order valence-electron chi connectivity index (χ4n) is 1.67. The number of hydrazone groups is 1. The maximum atomic E-state index is 11.7. The third-order valence-corrected chi connectivity index (χ3v) is 2.68. The summed E-state index contributed by atoms with van der Waals surface area (Å²) in [6.07, 6.45) is 6.59. The van der Waals surface area contributed by atoms with Crippen LogP contribution < -0.4 is 5.43 Å². The van der Waals surface area contributed by atoms with Gasteiger partial charge in [-0.3, -0.25) is 4.79 Å². The van der Waals surface area contributed by atoms with E-state index in [1.807, 2.05) is 0 Å². The van der Waals surface area contributed by atoms with Crippen LogP contribution in [-0.2, 0) is 4.79 Å². The Morgan fingerprint density at radius 2 is 2.22 bits per heavy atom. The highest BCUT2D eigenvalue weighted by Gasteiger charge is 2.25. The molecule has 0 atom stereocenters. The zero-order valence-electron chi connectivity index (χ0n) is 9.07. The van der Waals surface area contributed by atoms with Crippen LogP contribution >= 0.6 is 11.6 Å². The molecule has 2 aromatic heterocycles. The minimum atomic E-state index is -0.271. The van der Waals surface area contributed by atoms with Crippen LogP contribution in [0.1, 0.15) is 11.5 Å². The van der Waals surface area contributed by atoms with Crippen molar-refractivity contribution < 1.29 is 4.79 Å². The molecule has 1 aliphatic heterocycles. The van der Waals surface area contributed by atoms with E-state index >= 15 is 0 Å². The van der Waals surface area contributed by atoms with Gasteiger partial charge in [0.15, 0.2) is 5.82 Å². The predicted molar refractivity (Wildman–Crippen MR) is 67.0 cm³/mol. The van der Waals surface area contributed by atoms with E-state index in [2.05, 4.69) is 25.5 Å². The Kier molecular flexibility index (Phi) is 2.49. The molecule has 0 aromatic carbocycles. The largest absolute Gasteiger partial charge is 0.360 e. The fraction of sp³-hybridized carbons (Fsp3) is 0. The summed E-state index contributed by atoms with van der Waals surface area (Å²) in [6, 6.07) is 1.72. The second-order valence-corrected chi connectivity index (χ2v) is 4.11. The van der Waals surface area contributed by atoms with Gasteiger partial charge in [-0.1, -0.05) is 11.6 Å². The smallest absolute Gasteiger partial charge is 0.273 e. The number of aromatic nitrogens is 3. The Morgan fingerprint density at radius 3 is 2.89 bits per heavy atom. The number of nitrogens with zero attached hydrogens (tertiary/aromatic N) is 2. The Balaban J connectivity index is 2.01. The van der Waals surface area contributed by atoms with Crippen LogP contribution in [0.3, 0.4) is 0 Å². The van der Waals surface area contributed by atoms with Crippen molar-refractivity contribution in [1.29, 1.82) is 0 Å². The van der Waals surface area contributed by atoms with Gasteiger partial charge in [-0.25, -0.2) is 10.4 Å². The molecule has 1 amide bonds. The van der Waals surface area contributed by atoms with Crippen molar-refractivity contribution in [2.45, 2.75) is 0 Å². The Morgan fingerprint density at radius 1 is 1.33 bits per heavy atom. The minimum Gasteiger partial charge on any atom is -0.360 e. The normalized spacial score (nSPS) is 17.1. The summed E-state index contributed by atoms with van der Waals surface area (Å²) in [6.45, 7) is 0. The van der Waals surface area contributed by atoms with Crippen molar-refractivity contribution in [1.82, 2.24) is 20.4 Å². The van der Waals surface area contributed by atoms with Gasteiger partial charge < -0.3 is 9.97 Å². The number of carbonyl (C=O) groups is 1. The molecule has 0 saturated carbocycles. The summed E-state index contributed by atoms with van der Waals surface area (Å²) in [5, 5.41) is 4.53. The van der Waals surface area contributed by atoms with Crippen LogP contribution in [0.25, 0.3) is 6.08 Å². The molecule has 0 aliphatic carbocycles. The average Bonchev–Trinajstić information content (AvgIpc) is 3.03. The molecule has 0 unspecified atom stereocenters. The molecule has 0 saturated heterocycles. The van der Waals surface area contributed by atoms with Crippen molar-refractivity contribution >= 4 is 29.3 Å². The van der Waals surface area contributed by atoms with Gasteiger partial charge in [0.25, 0.3) is 5.91 Å². The van der Waals surface area contributed by atoms with Crippen molar-refractivity contribution in [3.63, 3.8) is 0 Å². The molecule has 0 radical (unpaired) electrons. The molecule has 0 fully saturated rings. The molecule has 1 aliphatic rings.